The Kier molecular flexibility index (Phi) is 6.25. The fourth-order valence-corrected chi connectivity index (χ4v) is 4.89. The van der Waals surface area contributed by atoms with Crippen LogP contribution in [0.25, 0.3) is 21.6 Å². The summed E-state index contributed by atoms with van der Waals surface area (Å²) in [5, 5.41) is 20.4. The third-order valence-corrected chi connectivity index (χ3v) is 6.73. The van der Waals surface area contributed by atoms with Gasteiger partial charge >= 0.3 is 0 Å². The maximum Gasteiger partial charge on any atom is 0.252 e. The summed E-state index contributed by atoms with van der Waals surface area (Å²) in [5.74, 6) is 0.288. The monoisotopic (exact) mass is 412 g/mol. The number of nitrogens with zero attached hydrogens (tertiary/aromatic N) is 3. The molecule has 1 amide bonds. The van der Waals surface area contributed by atoms with Gasteiger partial charge in [-0.15, -0.1) is 11.3 Å². The summed E-state index contributed by atoms with van der Waals surface area (Å²) in [6, 6.07) is 5.88. The molecule has 6 nitrogen and oxygen atoms in total. The van der Waals surface area contributed by atoms with Crippen LogP contribution in [0, 0.1) is 5.92 Å². The molecule has 29 heavy (non-hydrogen) atoms. The van der Waals surface area contributed by atoms with E-state index < -0.39 is 0 Å². The summed E-state index contributed by atoms with van der Waals surface area (Å²) < 4.78 is 1.83. The lowest BCUT2D eigenvalue weighted by Gasteiger charge is -2.27. The van der Waals surface area contributed by atoms with Gasteiger partial charge < -0.3 is 10.4 Å². The molecule has 4 rings (SSSR count). The van der Waals surface area contributed by atoms with Crippen LogP contribution in [-0.4, -0.2) is 38.4 Å². The van der Waals surface area contributed by atoms with Crippen LogP contribution in [-0.2, 0) is 6.54 Å². The van der Waals surface area contributed by atoms with Gasteiger partial charge in [0.15, 0.2) is 5.65 Å². The molecule has 154 valence electrons. The standard InChI is InChI=1S/C22H28N4O2S/c1-2-26-21-17(14-24-26)16(13-18(25-21)20-10-6-12-29-20)22(28)23-11-5-8-15-7-3-4-9-19(15)27/h6,10,12-15,19,27H,2-5,7-9,11H2,1H3,(H,23,28). The SMILES string of the molecule is CCn1ncc2c(C(=O)NCCCC3CCCCC3O)cc(-c3cccs3)nc21. The fraction of sp³-hybridized carbons (Fsp3) is 0.500. The van der Waals surface area contributed by atoms with Crippen molar-refractivity contribution in [1.82, 2.24) is 20.1 Å². The smallest absolute Gasteiger partial charge is 0.252 e. The fourth-order valence-electron chi connectivity index (χ4n) is 4.20. The molecule has 3 aromatic heterocycles. The molecule has 3 aromatic rings. The van der Waals surface area contributed by atoms with Gasteiger partial charge in [0.1, 0.15) is 0 Å². The summed E-state index contributed by atoms with van der Waals surface area (Å²) in [5.41, 5.74) is 2.17. The number of pyridine rings is 1. The van der Waals surface area contributed by atoms with Gasteiger partial charge in [-0.05, 0) is 56.0 Å². The third-order valence-electron chi connectivity index (χ3n) is 5.83. The second kappa shape index (κ2) is 9.05. The number of fused-ring (bicyclic) bond motifs is 1. The van der Waals surface area contributed by atoms with Crippen molar-refractivity contribution < 1.29 is 9.90 Å². The zero-order valence-electron chi connectivity index (χ0n) is 16.8. The molecule has 2 atom stereocenters. The molecule has 1 aliphatic carbocycles. The van der Waals surface area contributed by atoms with Gasteiger partial charge in [-0.25, -0.2) is 9.67 Å². The number of nitrogens with one attached hydrogen (secondary N) is 1. The zero-order chi connectivity index (χ0) is 20.2. The highest BCUT2D eigenvalue weighted by Gasteiger charge is 2.22. The quantitative estimate of drug-likeness (QED) is 0.569. The maximum absolute atomic E-state index is 13.0. The van der Waals surface area contributed by atoms with Gasteiger partial charge in [-0.1, -0.05) is 18.9 Å². The minimum absolute atomic E-state index is 0.0879. The van der Waals surface area contributed by atoms with Crippen molar-refractivity contribution in [2.24, 2.45) is 5.92 Å². The molecular weight excluding hydrogens is 384 g/mol. The molecule has 0 aliphatic heterocycles. The van der Waals surface area contributed by atoms with Crippen LogP contribution >= 0.6 is 11.3 Å². The predicted molar refractivity (Wildman–Crippen MR) is 116 cm³/mol. The summed E-state index contributed by atoms with van der Waals surface area (Å²) in [6.07, 6.45) is 7.75. The number of carbonyl (C=O) groups excluding carboxylic acids is 1. The first kappa shape index (κ1) is 20.0. The first-order valence-electron chi connectivity index (χ1n) is 10.5. The van der Waals surface area contributed by atoms with Crippen molar-refractivity contribution in [3.05, 3.63) is 35.3 Å². The lowest BCUT2D eigenvalue weighted by Crippen LogP contribution is -2.28. The molecule has 0 spiro atoms. The number of amides is 1. The zero-order valence-corrected chi connectivity index (χ0v) is 17.6. The van der Waals surface area contributed by atoms with E-state index in [1.165, 1.54) is 6.42 Å². The van der Waals surface area contributed by atoms with Gasteiger partial charge in [0.05, 0.1) is 33.8 Å². The normalized spacial score (nSPS) is 19.5. The first-order chi connectivity index (χ1) is 14.2. The molecule has 3 heterocycles. The van der Waals surface area contributed by atoms with Crippen LogP contribution in [0.5, 0.6) is 0 Å². The Morgan fingerprint density at radius 2 is 2.24 bits per heavy atom. The largest absolute Gasteiger partial charge is 0.393 e. The van der Waals surface area contributed by atoms with Crippen LogP contribution in [0.1, 0.15) is 55.8 Å². The number of aryl methyl sites for hydroxylation is 1. The number of thiophene rings is 1. The van der Waals surface area contributed by atoms with Crippen LogP contribution in [0.4, 0.5) is 0 Å². The number of aromatic nitrogens is 3. The van der Waals surface area contributed by atoms with Gasteiger partial charge in [-0.3, -0.25) is 4.79 Å². The van der Waals surface area contributed by atoms with Crippen LogP contribution < -0.4 is 5.32 Å². The van der Waals surface area contributed by atoms with E-state index in [1.54, 1.807) is 17.5 Å². The number of aliphatic hydroxyl groups excluding tert-OH is 1. The van der Waals surface area contributed by atoms with Crippen molar-refractivity contribution in [1.29, 1.82) is 0 Å². The number of rotatable bonds is 7. The van der Waals surface area contributed by atoms with Gasteiger partial charge in [-0.2, -0.15) is 5.10 Å². The van der Waals surface area contributed by atoms with E-state index in [9.17, 15) is 9.90 Å². The Labute approximate surface area is 175 Å². The average Bonchev–Trinajstić information content (AvgIpc) is 3.41. The number of hydrogen-bond acceptors (Lipinski definition) is 5. The lowest BCUT2D eigenvalue weighted by molar-refractivity contribution is 0.0641. The van der Waals surface area contributed by atoms with E-state index >= 15 is 0 Å². The van der Waals surface area contributed by atoms with E-state index in [1.807, 2.05) is 35.2 Å². The Balaban J connectivity index is 1.48. The van der Waals surface area contributed by atoms with E-state index in [0.717, 1.165) is 53.7 Å². The molecule has 0 radical (unpaired) electrons. The molecular formula is C22H28N4O2S. The highest BCUT2D eigenvalue weighted by molar-refractivity contribution is 7.13. The van der Waals surface area contributed by atoms with Crippen molar-refractivity contribution in [3.8, 4) is 10.6 Å². The Morgan fingerprint density at radius 1 is 1.38 bits per heavy atom. The Bertz CT molecular complexity index is 967. The minimum atomic E-state index is -0.174. The van der Waals surface area contributed by atoms with E-state index in [-0.39, 0.29) is 12.0 Å². The predicted octanol–water partition coefficient (Wildman–Crippen LogP) is 4.24. The maximum atomic E-state index is 13.0. The van der Waals surface area contributed by atoms with Crippen molar-refractivity contribution >= 4 is 28.3 Å². The summed E-state index contributed by atoms with van der Waals surface area (Å²) in [4.78, 5) is 18.8. The first-order valence-corrected chi connectivity index (χ1v) is 11.4. The van der Waals surface area contributed by atoms with Crippen molar-refractivity contribution in [2.75, 3.05) is 6.54 Å². The molecule has 0 saturated heterocycles. The van der Waals surface area contributed by atoms with Crippen molar-refractivity contribution in [2.45, 2.75) is 58.1 Å². The molecule has 0 bridgehead atoms. The van der Waals surface area contributed by atoms with Crippen LogP contribution in [0.2, 0.25) is 0 Å². The molecule has 7 heteroatoms. The second-order valence-electron chi connectivity index (χ2n) is 7.74. The number of carbonyl (C=O) groups is 1. The minimum Gasteiger partial charge on any atom is -0.393 e. The molecule has 1 saturated carbocycles. The number of aliphatic hydroxyl groups is 1. The van der Waals surface area contributed by atoms with Gasteiger partial charge in [0.2, 0.25) is 0 Å². The van der Waals surface area contributed by atoms with Crippen LogP contribution in [0.3, 0.4) is 0 Å². The van der Waals surface area contributed by atoms with Crippen molar-refractivity contribution in [3.63, 3.8) is 0 Å². The second-order valence-corrected chi connectivity index (χ2v) is 8.69. The Morgan fingerprint density at radius 3 is 3.00 bits per heavy atom. The molecule has 1 fully saturated rings. The lowest BCUT2D eigenvalue weighted by atomic mass is 9.83. The van der Waals surface area contributed by atoms with Crippen LogP contribution in [0.15, 0.2) is 29.8 Å². The van der Waals surface area contributed by atoms with E-state index in [2.05, 4.69) is 10.4 Å². The molecule has 1 aliphatic rings. The van der Waals surface area contributed by atoms with Gasteiger partial charge in [0.25, 0.3) is 5.91 Å². The Hall–Kier alpha value is -2.25. The molecule has 0 aromatic carbocycles. The van der Waals surface area contributed by atoms with E-state index in [0.29, 0.717) is 24.6 Å². The summed E-state index contributed by atoms with van der Waals surface area (Å²) in [6.45, 7) is 3.34. The summed E-state index contributed by atoms with van der Waals surface area (Å²) in [7, 11) is 0. The number of hydrogen-bond donors (Lipinski definition) is 2. The summed E-state index contributed by atoms with van der Waals surface area (Å²) >= 11 is 1.61. The van der Waals surface area contributed by atoms with E-state index in [4.69, 9.17) is 4.98 Å². The third kappa shape index (κ3) is 4.36. The highest BCUT2D eigenvalue weighted by Crippen LogP contribution is 2.29. The molecule has 2 unspecified atom stereocenters. The topological polar surface area (TPSA) is 80.0 Å². The average molecular weight is 413 g/mol. The highest BCUT2D eigenvalue weighted by atomic mass is 32.1. The molecule has 2 N–H and O–H groups in total. The van der Waals surface area contributed by atoms with Gasteiger partial charge in [0, 0.05) is 13.1 Å².